The maximum Gasteiger partial charge on any atom is 0.242 e. The standard InChI is InChI=1S/C13H24N2O/c1-2-15(11-7-3-4-8-11)12(16)13(14)9-5-6-10-13/h11H,2-10,14H2,1H3. The zero-order valence-electron chi connectivity index (χ0n) is 10.4. The molecule has 0 unspecified atom stereocenters. The minimum Gasteiger partial charge on any atom is -0.338 e. The van der Waals surface area contributed by atoms with Crippen LogP contribution in [0, 0.1) is 0 Å². The molecule has 1 amide bonds. The topological polar surface area (TPSA) is 46.3 Å². The molecule has 0 heterocycles. The van der Waals surface area contributed by atoms with Gasteiger partial charge < -0.3 is 10.6 Å². The van der Waals surface area contributed by atoms with E-state index in [-0.39, 0.29) is 5.91 Å². The fourth-order valence-corrected chi connectivity index (χ4v) is 3.29. The van der Waals surface area contributed by atoms with E-state index in [4.69, 9.17) is 5.73 Å². The van der Waals surface area contributed by atoms with Crippen molar-refractivity contribution in [2.75, 3.05) is 6.54 Å². The van der Waals surface area contributed by atoms with E-state index in [2.05, 4.69) is 11.8 Å². The maximum absolute atomic E-state index is 12.5. The molecule has 0 aromatic carbocycles. The summed E-state index contributed by atoms with van der Waals surface area (Å²) >= 11 is 0. The van der Waals surface area contributed by atoms with Crippen LogP contribution in [0.2, 0.25) is 0 Å². The molecule has 0 atom stereocenters. The van der Waals surface area contributed by atoms with Gasteiger partial charge in [0.2, 0.25) is 5.91 Å². The molecule has 2 N–H and O–H groups in total. The van der Waals surface area contributed by atoms with Gasteiger partial charge in [-0.15, -0.1) is 0 Å². The van der Waals surface area contributed by atoms with Gasteiger partial charge >= 0.3 is 0 Å². The number of amides is 1. The van der Waals surface area contributed by atoms with Gasteiger partial charge in [-0.05, 0) is 32.6 Å². The summed E-state index contributed by atoms with van der Waals surface area (Å²) in [6.07, 6.45) is 8.89. The second-order valence-corrected chi connectivity index (χ2v) is 5.39. The lowest BCUT2D eigenvalue weighted by atomic mass is 9.96. The van der Waals surface area contributed by atoms with Gasteiger partial charge in [0, 0.05) is 12.6 Å². The molecule has 2 saturated carbocycles. The molecule has 0 aromatic heterocycles. The molecule has 0 spiro atoms. The monoisotopic (exact) mass is 224 g/mol. The molecule has 2 fully saturated rings. The van der Waals surface area contributed by atoms with E-state index in [9.17, 15) is 4.79 Å². The average Bonchev–Trinajstić information content (AvgIpc) is 2.91. The molecule has 0 aliphatic heterocycles. The molecule has 3 heteroatoms. The van der Waals surface area contributed by atoms with Gasteiger partial charge in [0.05, 0.1) is 5.54 Å². The number of hydrogen-bond acceptors (Lipinski definition) is 2. The van der Waals surface area contributed by atoms with Gasteiger partial charge in [0.25, 0.3) is 0 Å². The Balaban J connectivity index is 2.05. The quantitative estimate of drug-likeness (QED) is 0.797. The number of nitrogens with zero attached hydrogens (tertiary/aromatic N) is 1. The zero-order valence-corrected chi connectivity index (χ0v) is 10.4. The Morgan fingerprint density at radius 1 is 1.25 bits per heavy atom. The van der Waals surface area contributed by atoms with Gasteiger partial charge in [0.1, 0.15) is 0 Å². The fraction of sp³-hybridized carbons (Fsp3) is 0.923. The van der Waals surface area contributed by atoms with Crippen LogP contribution in [0.1, 0.15) is 58.3 Å². The Kier molecular flexibility index (Phi) is 3.53. The minimum atomic E-state index is -0.529. The molecule has 0 aromatic rings. The number of carbonyl (C=O) groups excluding carboxylic acids is 1. The number of likely N-dealkylation sites (N-methyl/N-ethyl adjacent to an activating group) is 1. The highest BCUT2D eigenvalue weighted by atomic mass is 16.2. The van der Waals surface area contributed by atoms with Crippen LogP contribution in [0.15, 0.2) is 0 Å². The summed E-state index contributed by atoms with van der Waals surface area (Å²) in [5, 5.41) is 0. The molecule has 0 radical (unpaired) electrons. The van der Waals surface area contributed by atoms with E-state index in [1.54, 1.807) is 0 Å². The molecule has 3 nitrogen and oxygen atoms in total. The van der Waals surface area contributed by atoms with Crippen LogP contribution in [0.5, 0.6) is 0 Å². The number of nitrogens with two attached hydrogens (primary N) is 1. The van der Waals surface area contributed by atoms with Crippen molar-refractivity contribution in [3.05, 3.63) is 0 Å². The van der Waals surface area contributed by atoms with Crippen LogP contribution in [0.25, 0.3) is 0 Å². The van der Waals surface area contributed by atoms with Gasteiger partial charge in [-0.1, -0.05) is 25.7 Å². The highest BCUT2D eigenvalue weighted by molar-refractivity contribution is 5.86. The van der Waals surface area contributed by atoms with E-state index in [0.717, 1.165) is 32.2 Å². The van der Waals surface area contributed by atoms with E-state index >= 15 is 0 Å². The summed E-state index contributed by atoms with van der Waals surface area (Å²) in [7, 11) is 0. The third-order valence-electron chi connectivity index (χ3n) is 4.29. The highest BCUT2D eigenvalue weighted by Gasteiger charge is 2.41. The number of carbonyl (C=O) groups is 1. The third-order valence-corrected chi connectivity index (χ3v) is 4.29. The first-order valence-corrected chi connectivity index (χ1v) is 6.77. The lowest BCUT2D eigenvalue weighted by Crippen LogP contribution is -2.55. The molecular weight excluding hydrogens is 200 g/mol. The maximum atomic E-state index is 12.5. The zero-order chi connectivity index (χ0) is 11.6. The van der Waals surface area contributed by atoms with Gasteiger partial charge in [-0.3, -0.25) is 4.79 Å². The summed E-state index contributed by atoms with van der Waals surface area (Å²) in [6, 6.07) is 0.471. The van der Waals surface area contributed by atoms with E-state index < -0.39 is 5.54 Å². The summed E-state index contributed by atoms with van der Waals surface area (Å²) in [4.78, 5) is 14.5. The fourth-order valence-electron chi connectivity index (χ4n) is 3.29. The Morgan fingerprint density at radius 2 is 1.81 bits per heavy atom. The SMILES string of the molecule is CCN(C(=O)C1(N)CCCC1)C1CCCC1. The van der Waals surface area contributed by atoms with Crippen LogP contribution in [-0.2, 0) is 4.79 Å². The summed E-state index contributed by atoms with van der Waals surface area (Å²) in [5.41, 5.74) is 5.73. The first-order valence-electron chi connectivity index (χ1n) is 6.77. The molecule has 16 heavy (non-hydrogen) atoms. The Morgan fingerprint density at radius 3 is 2.31 bits per heavy atom. The van der Waals surface area contributed by atoms with Gasteiger partial charge in [-0.2, -0.15) is 0 Å². The smallest absolute Gasteiger partial charge is 0.242 e. The Bertz CT molecular complexity index is 253. The van der Waals surface area contributed by atoms with Crippen molar-refractivity contribution in [2.24, 2.45) is 5.73 Å². The third kappa shape index (κ3) is 2.10. The minimum absolute atomic E-state index is 0.222. The highest BCUT2D eigenvalue weighted by Crippen LogP contribution is 2.32. The Hall–Kier alpha value is -0.570. The molecule has 2 aliphatic rings. The molecule has 2 rings (SSSR count). The van der Waals surface area contributed by atoms with E-state index in [0.29, 0.717) is 6.04 Å². The molecule has 2 aliphatic carbocycles. The van der Waals surface area contributed by atoms with E-state index in [1.165, 1.54) is 25.7 Å². The average molecular weight is 224 g/mol. The normalized spacial score (nSPS) is 24.9. The largest absolute Gasteiger partial charge is 0.338 e. The second-order valence-electron chi connectivity index (χ2n) is 5.39. The number of hydrogen-bond donors (Lipinski definition) is 1. The predicted molar refractivity (Wildman–Crippen MR) is 65.0 cm³/mol. The van der Waals surface area contributed by atoms with Crippen molar-refractivity contribution < 1.29 is 4.79 Å². The van der Waals surface area contributed by atoms with Crippen molar-refractivity contribution in [3.8, 4) is 0 Å². The Labute approximate surface area is 98.4 Å². The lowest BCUT2D eigenvalue weighted by molar-refractivity contribution is -0.138. The van der Waals surface area contributed by atoms with Crippen molar-refractivity contribution in [1.29, 1.82) is 0 Å². The number of rotatable bonds is 3. The van der Waals surface area contributed by atoms with Gasteiger partial charge in [-0.25, -0.2) is 0 Å². The van der Waals surface area contributed by atoms with Crippen LogP contribution in [-0.4, -0.2) is 28.9 Å². The van der Waals surface area contributed by atoms with Crippen molar-refractivity contribution in [2.45, 2.75) is 69.9 Å². The second kappa shape index (κ2) is 4.74. The van der Waals surface area contributed by atoms with E-state index in [1.807, 2.05) is 0 Å². The van der Waals surface area contributed by atoms with Crippen LogP contribution in [0.4, 0.5) is 0 Å². The molecule has 0 bridgehead atoms. The first-order chi connectivity index (χ1) is 7.67. The predicted octanol–water partition coefficient (Wildman–Crippen LogP) is 2.05. The van der Waals surface area contributed by atoms with Crippen molar-refractivity contribution in [3.63, 3.8) is 0 Å². The first kappa shape index (κ1) is 11.9. The molecule has 92 valence electrons. The van der Waals surface area contributed by atoms with Gasteiger partial charge in [0.15, 0.2) is 0 Å². The van der Waals surface area contributed by atoms with Crippen molar-refractivity contribution in [1.82, 2.24) is 4.90 Å². The van der Waals surface area contributed by atoms with Crippen LogP contribution in [0.3, 0.4) is 0 Å². The van der Waals surface area contributed by atoms with Crippen LogP contribution < -0.4 is 5.73 Å². The summed E-state index contributed by atoms with van der Waals surface area (Å²) < 4.78 is 0. The van der Waals surface area contributed by atoms with Crippen molar-refractivity contribution >= 4 is 5.91 Å². The van der Waals surface area contributed by atoms with Crippen LogP contribution >= 0.6 is 0 Å². The summed E-state index contributed by atoms with van der Waals surface area (Å²) in [6.45, 7) is 2.90. The molecule has 0 saturated heterocycles. The molecular formula is C13H24N2O. The lowest BCUT2D eigenvalue weighted by Gasteiger charge is -2.35. The summed E-state index contributed by atoms with van der Waals surface area (Å²) in [5.74, 6) is 0.222.